The summed E-state index contributed by atoms with van der Waals surface area (Å²) in [6, 6.07) is 20.5. The van der Waals surface area contributed by atoms with E-state index in [2.05, 4.69) is 39.5 Å². The predicted molar refractivity (Wildman–Crippen MR) is 160 cm³/mol. The van der Waals surface area contributed by atoms with Crippen molar-refractivity contribution in [3.05, 3.63) is 101 Å². The average molecular weight is 582 g/mol. The standard InChI is InChI=1S/C28H28ClN5O3S2/c1-17-15-22(18(2)33(17)20-10-8-19(29)9-11-20)27-26(23-7-5-6-14-30-23)31-28(38)34(27)21-12-13-25(37-3)24(16-21)32-39(4,35)36/h5-16,26-27,32H,1-4H3,(H,31,38). The van der Waals surface area contributed by atoms with Gasteiger partial charge in [-0.05, 0) is 92.3 Å². The Morgan fingerprint density at radius 2 is 1.77 bits per heavy atom. The summed E-state index contributed by atoms with van der Waals surface area (Å²) in [6.45, 7) is 4.14. The molecule has 1 saturated heterocycles. The number of anilines is 2. The van der Waals surface area contributed by atoms with E-state index in [4.69, 9.17) is 28.6 Å². The lowest BCUT2D eigenvalue weighted by molar-refractivity contribution is 0.417. The molecule has 3 heterocycles. The SMILES string of the molecule is COc1ccc(N2C(=S)NC(c3ccccn3)C2c2cc(C)n(-c3ccc(Cl)cc3)c2C)cc1NS(C)(=O)=O. The van der Waals surface area contributed by atoms with E-state index in [0.29, 0.717) is 27.3 Å². The molecule has 1 aliphatic rings. The fraction of sp³-hybridized carbons (Fsp3) is 0.214. The van der Waals surface area contributed by atoms with Crippen LogP contribution in [0, 0.1) is 13.8 Å². The molecule has 2 unspecified atom stereocenters. The second-order valence-electron chi connectivity index (χ2n) is 9.39. The highest BCUT2D eigenvalue weighted by molar-refractivity contribution is 7.92. The van der Waals surface area contributed by atoms with E-state index >= 15 is 0 Å². The van der Waals surface area contributed by atoms with Crippen molar-refractivity contribution in [1.29, 1.82) is 0 Å². The molecule has 8 nitrogen and oxygen atoms in total. The zero-order valence-electron chi connectivity index (χ0n) is 21.8. The minimum Gasteiger partial charge on any atom is -0.495 e. The highest BCUT2D eigenvalue weighted by Crippen LogP contribution is 2.45. The molecule has 39 heavy (non-hydrogen) atoms. The Morgan fingerprint density at radius 1 is 1.05 bits per heavy atom. The van der Waals surface area contributed by atoms with E-state index in [1.807, 2.05) is 53.4 Å². The first-order valence-electron chi connectivity index (χ1n) is 12.2. The van der Waals surface area contributed by atoms with E-state index in [-0.39, 0.29) is 12.1 Å². The number of hydrogen-bond acceptors (Lipinski definition) is 5. The summed E-state index contributed by atoms with van der Waals surface area (Å²) in [6.07, 6.45) is 2.87. The fourth-order valence-corrected chi connectivity index (χ4v) is 6.18. The number of pyridine rings is 1. The van der Waals surface area contributed by atoms with Gasteiger partial charge in [-0.3, -0.25) is 9.71 Å². The van der Waals surface area contributed by atoms with Crippen LogP contribution in [0.2, 0.25) is 5.02 Å². The molecule has 2 aromatic carbocycles. The summed E-state index contributed by atoms with van der Waals surface area (Å²) in [5, 5.41) is 4.64. The van der Waals surface area contributed by atoms with E-state index in [0.717, 1.165) is 34.6 Å². The molecule has 2 aromatic heterocycles. The Kier molecular flexibility index (Phi) is 7.28. The van der Waals surface area contributed by atoms with E-state index in [1.54, 1.807) is 18.3 Å². The van der Waals surface area contributed by atoms with Gasteiger partial charge in [0.25, 0.3) is 0 Å². The van der Waals surface area contributed by atoms with Crippen LogP contribution in [-0.4, -0.2) is 36.4 Å². The number of ether oxygens (including phenoxy) is 1. The third-order valence-electron chi connectivity index (χ3n) is 6.73. The maximum Gasteiger partial charge on any atom is 0.229 e. The van der Waals surface area contributed by atoms with E-state index in [1.165, 1.54) is 7.11 Å². The number of sulfonamides is 1. The van der Waals surface area contributed by atoms with Crippen molar-refractivity contribution in [2.24, 2.45) is 0 Å². The largest absolute Gasteiger partial charge is 0.495 e. The molecular weight excluding hydrogens is 554 g/mol. The lowest BCUT2D eigenvalue weighted by atomic mass is 9.96. The van der Waals surface area contributed by atoms with Gasteiger partial charge in [0, 0.05) is 34.0 Å². The number of methoxy groups -OCH3 is 1. The predicted octanol–water partition coefficient (Wildman–Crippen LogP) is 5.70. The molecule has 2 atom stereocenters. The molecule has 0 amide bonds. The van der Waals surface area contributed by atoms with Gasteiger partial charge in [0.05, 0.1) is 36.8 Å². The molecule has 2 N–H and O–H groups in total. The molecule has 11 heteroatoms. The van der Waals surface area contributed by atoms with E-state index < -0.39 is 10.0 Å². The van der Waals surface area contributed by atoms with Gasteiger partial charge >= 0.3 is 0 Å². The van der Waals surface area contributed by atoms with Crippen LogP contribution in [0.3, 0.4) is 0 Å². The maximum atomic E-state index is 12.1. The van der Waals surface area contributed by atoms with Gasteiger partial charge in [0.1, 0.15) is 5.75 Å². The van der Waals surface area contributed by atoms with Gasteiger partial charge in [-0.1, -0.05) is 17.7 Å². The molecule has 4 aromatic rings. The van der Waals surface area contributed by atoms with Crippen LogP contribution >= 0.6 is 23.8 Å². The Labute approximate surface area is 238 Å². The highest BCUT2D eigenvalue weighted by Gasteiger charge is 2.42. The van der Waals surface area contributed by atoms with Crippen LogP contribution in [0.1, 0.15) is 34.7 Å². The number of thiocarbonyl (C=S) groups is 1. The Balaban J connectivity index is 1.68. The maximum absolute atomic E-state index is 12.1. The van der Waals surface area contributed by atoms with Gasteiger partial charge in [-0.2, -0.15) is 0 Å². The first-order valence-corrected chi connectivity index (χ1v) is 14.9. The third-order valence-corrected chi connectivity index (χ3v) is 7.89. The van der Waals surface area contributed by atoms with Crippen molar-refractivity contribution in [2.45, 2.75) is 25.9 Å². The molecular formula is C28H28ClN5O3S2. The Hall–Kier alpha value is -3.60. The Morgan fingerprint density at radius 3 is 2.41 bits per heavy atom. The number of aryl methyl sites for hydroxylation is 1. The van der Waals surface area contributed by atoms with Gasteiger partial charge in [0.15, 0.2) is 5.11 Å². The normalized spacial score (nSPS) is 17.3. The van der Waals surface area contributed by atoms with Gasteiger partial charge < -0.3 is 19.5 Å². The zero-order valence-corrected chi connectivity index (χ0v) is 24.2. The topological polar surface area (TPSA) is 88.5 Å². The second-order valence-corrected chi connectivity index (χ2v) is 12.0. The van der Waals surface area contributed by atoms with Crippen LogP contribution in [0.4, 0.5) is 11.4 Å². The van der Waals surface area contributed by atoms with Crippen molar-refractivity contribution < 1.29 is 13.2 Å². The summed E-state index contributed by atoms with van der Waals surface area (Å²) in [7, 11) is -2.05. The number of benzene rings is 2. The van der Waals surface area contributed by atoms with Crippen LogP contribution in [0.25, 0.3) is 5.69 Å². The zero-order chi connectivity index (χ0) is 27.9. The fourth-order valence-electron chi connectivity index (χ4n) is 5.15. The molecule has 202 valence electrons. The number of aromatic nitrogens is 2. The number of halogens is 1. The molecule has 0 radical (unpaired) electrons. The summed E-state index contributed by atoms with van der Waals surface area (Å²) < 4.78 is 34.3. The smallest absolute Gasteiger partial charge is 0.229 e. The molecule has 5 rings (SSSR count). The summed E-state index contributed by atoms with van der Waals surface area (Å²) in [5.74, 6) is 0.404. The third kappa shape index (κ3) is 5.32. The van der Waals surface area contributed by atoms with Crippen LogP contribution in [0.15, 0.2) is 72.9 Å². The molecule has 0 saturated carbocycles. The molecule has 0 spiro atoms. The summed E-state index contributed by atoms with van der Waals surface area (Å²) in [4.78, 5) is 6.65. The first-order chi connectivity index (χ1) is 18.6. The molecule has 0 aliphatic carbocycles. The summed E-state index contributed by atoms with van der Waals surface area (Å²) in [5.41, 5.74) is 6.02. The highest BCUT2D eigenvalue weighted by atomic mass is 35.5. The number of nitrogens with zero attached hydrogens (tertiary/aromatic N) is 3. The second kappa shape index (κ2) is 10.5. The van der Waals surface area contributed by atoms with Crippen LogP contribution in [0.5, 0.6) is 5.75 Å². The molecule has 1 aliphatic heterocycles. The van der Waals surface area contributed by atoms with Crippen molar-refractivity contribution in [2.75, 3.05) is 23.0 Å². The molecule has 0 bridgehead atoms. The van der Waals surface area contributed by atoms with Crippen LogP contribution in [-0.2, 0) is 10.0 Å². The average Bonchev–Trinajstić information content (AvgIpc) is 3.39. The van der Waals surface area contributed by atoms with Gasteiger partial charge in [0.2, 0.25) is 10.0 Å². The number of hydrogen-bond donors (Lipinski definition) is 2. The monoisotopic (exact) mass is 581 g/mol. The van der Waals surface area contributed by atoms with Gasteiger partial charge in [-0.25, -0.2) is 8.42 Å². The summed E-state index contributed by atoms with van der Waals surface area (Å²) >= 11 is 12.0. The first kappa shape index (κ1) is 27.0. The quantitative estimate of drug-likeness (QED) is 0.271. The minimum atomic E-state index is -3.55. The lowest BCUT2D eigenvalue weighted by Gasteiger charge is -2.29. The molecule has 1 fully saturated rings. The van der Waals surface area contributed by atoms with Crippen molar-refractivity contribution >= 4 is 50.3 Å². The van der Waals surface area contributed by atoms with Crippen molar-refractivity contribution in [3.63, 3.8) is 0 Å². The Bertz CT molecular complexity index is 1640. The van der Waals surface area contributed by atoms with Crippen molar-refractivity contribution in [1.82, 2.24) is 14.9 Å². The van der Waals surface area contributed by atoms with Gasteiger partial charge in [-0.15, -0.1) is 0 Å². The lowest BCUT2D eigenvalue weighted by Crippen LogP contribution is -2.29. The minimum absolute atomic E-state index is 0.258. The number of nitrogens with one attached hydrogen (secondary N) is 2. The van der Waals surface area contributed by atoms with Crippen LogP contribution < -0.4 is 19.7 Å². The van der Waals surface area contributed by atoms with E-state index in [9.17, 15) is 8.42 Å². The van der Waals surface area contributed by atoms with Crippen molar-refractivity contribution in [3.8, 4) is 11.4 Å². The number of rotatable bonds is 7.